The molecule has 0 rings (SSSR count). The first-order chi connectivity index (χ1) is 5.81. The van der Waals surface area contributed by atoms with Crippen LogP contribution in [0.5, 0.6) is 0 Å². The fourth-order valence-electron chi connectivity index (χ4n) is 0.610. The van der Waals surface area contributed by atoms with Gasteiger partial charge in [0.05, 0.1) is 6.16 Å². The molecule has 0 aliphatic carbocycles. The molecular formula is C4H12N3O5P. The third kappa shape index (κ3) is 9.25. The van der Waals surface area contributed by atoms with E-state index in [0.29, 0.717) is 5.17 Å². The first-order valence-electron chi connectivity index (χ1n) is 3.38. The van der Waals surface area contributed by atoms with Gasteiger partial charge < -0.3 is 15.5 Å². The minimum Gasteiger partial charge on any atom is -0.350 e. The van der Waals surface area contributed by atoms with E-state index < -0.39 is 13.6 Å². The Morgan fingerprint density at radius 1 is 1.54 bits per heavy atom. The summed E-state index contributed by atoms with van der Waals surface area (Å²) in [6.07, 6.45) is -0.314. The molecule has 0 unspecified atom stereocenters. The van der Waals surface area contributed by atoms with E-state index in [2.05, 4.69) is 5.73 Å². The van der Waals surface area contributed by atoms with E-state index in [9.17, 15) is 9.36 Å². The molecule has 78 valence electrons. The van der Waals surface area contributed by atoms with Crippen LogP contribution in [0.2, 0.25) is 0 Å². The first kappa shape index (κ1) is 12.3. The number of hydrogen-bond donors (Lipinski definition) is 5. The highest BCUT2D eigenvalue weighted by Gasteiger charge is 2.13. The largest absolute Gasteiger partial charge is 0.350 e. The second kappa shape index (κ2) is 5.15. The van der Waals surface area contributed by atoms with E-state index in [-0.39, 0.29) is 19.1 Å². The summed E-state index contributed by atoms with van der Waals surface area (Å²) >= 11 is 0. The van der Waals surface area contributed by atoms with E-state index in [0.717, 1.165) is 0 Å². The molecule has 6 N–H and O–H groups in total. The molecule has 0 heterocycles. The van der Waals surface area contributed by atoms with Gasteiger partial charge in [-0.1, -0.05) is 0 Å². The van der Waals surface area contributed by atoms with Gasteiger partial charge in [-0.05, 0) is 6.42 Å². The van der Waals surface area contributed by atoms with Gasteiger partial charge in [0.1, 0.15) is 0 Å². The number of nitrogens with zero attached hydrogens (tertiary/aromatic N) is 1. The molecule has 0 aromatic heterocycles. The van der Waals surface area contributed by atoms with E-state index in [1.54, 1.807) is 5.43 Å². The summed E-state index contributed by atoms with van der Waals surface area (Å²) in [5.41, 5.74) is 6.45. The third-order valence-corrected chi connectivity index (χ3v) is 1.96. The predicted molar refractivity (Wildman–Crippen MR) is 42.7 cm³/mol. The number of hydroxylamine groups is 1. The fourth-order valence-corrected chi connectivity index (χ4v) is 1.16. The van der Waals surface area contributed by atoms with Crippen LogP contribution in [0.1, 0.15) is 6.42 Å². The Morgan fingerprint density at radius 3 is 2.46 bits per heavy atom. The molecule has 8 nitrogen and oxygen atoms in total. The number of urea groups is 1. The van der Waals surface area contributed by atoms with Crippen molar-refractivity contribution in [2.45, 2.75) is 6.42 Å². The molecule has 2 amide bonds. The number of rotatable bonds is 5. The second-order valence-electron chi connectivity index (χ2n) is 2.34. The lowest BCUT2D eigenvalue weighted by Crippen LogP contribution is -2.43. The number of hydrazine groups is 1. The maximum Gasteiger partial charge on any atom is 0.328 e. The average Bonchev–Trinajstić information content (AvgIpc) is 1.81. The average molecular weight is 213 g/mol. The van der Waals surface area contributed by atoms with Crippen LogP contribution in [-0.4, -0.2) is 38.9 Å². The van der Waals surface area contributed by atoms with Crippen LogP contribution >= 0.6 is 7.60 Å². The number of nitrogens with one attached hydrogen (secondary N) is 1. The van der Waals surface area contributed by atoms with E-state index in [1.807, 2.05) is 0 Å². The second-order valence-corrected chi connectivity index (χ2v) is 4.12. The van der Waals surface area contributed by atoms with Gasteiger partial charge in [-0.2, -0.15) is 0 Å². The van der Waals surface area contributed by atoms with Crippen LogP contribution < -0.4 is 11.2 Å². The molecule has 0 fully saturated rings. The van der Waals surface area contributed by atoms with Crippen LogP contribution in [0.25, 0.3) is 0 Å². The summed E-state index contributed by atoms with van der Waals surface area (Å²) in [4.78, 5) is 26.9. The van der Waals surface area contributed by atoms with Gasteiger partial charge in [-0.3, -0.25) is 9.77 Å². The van der Waals surface area contributed by atoms with Gasteiger partial charge in [0.25, 0.3) is 0 Å². The Balaban J connectivity index is 3.54. The molecule has 0 radical (unpaired) electrons. The number of carbonyl (C=O) groups is 1. The molecule has 0 aliphatic heterocycles. The first-order valence-corrected chi connectivity index (χ1v) is 5.18. The Kier molecular flexibility index (Phi) is 4.89. The third-order valence-electron chi connectivity index (χ3n) is 1.06. The monoisotopic (exact) mass is 213 g/mol. The molecular weight excluding hydrogens is 201 g/mol. The zero-order valence-electron chi connectivity index (χ0n) is 6.75. The molecule has 13 heavy (non-hydrogen) atoms. The zero-order chi connectivity index (χ0) is 10.5. The number of hydrogen-bond acceptors (Lipinski definition) is 4. The normalized spacial score (nSPS) is 11.7. The molecule has 0 saturated heterocycles. The van der Waals surface area contributed by atoms with Gasteiger partial charge in [0.15, 0.2) is 0 Å². The summed E-state index contributed by atoms with van der Waals surface area (Å²) in [7, 11) is -4.04. The van der Waals surface area contributed by atoms with E-state index >= 15 is 0 Å². The lowest BCUT2D eigenvalue weighted by molar-refractivity contribution is -0.121. The van der Waals surface area contributed by atoms with Gasteiger partial charge in [0.2, 0.25) is 0 Å². The van der Waals surface area contributed by atoms with Crippen molar-refractivity contribution >= 4 is 13.6 Å². The van der Waals surface area contributed by atoms with Crippen molar-refractivity contribution in [1.82, 2.24) is 10.6 Å². The summed E-state index contributed by atoms with van der Waals surface area (Å²) in [5, 5.41) is 9.16. The fraction of sp³-hybridized carbons (Fsp3) is 0.750. The quantitative estimate of drug-likeness (QED) is 0.288. The summed E-state index contributed by atoms with van der Waals surface area (Å²) < 4.78 is 10.3. The van der Waals surface area contributed by atoms with Gasteiger partial charge in [-0.25, -0.2) is 10.2 Å². The summed E-state index contributed by atoms with van der Waals surface area (Å²) in [6.45, 7) is -0.103. The molecule has 0 spiro atoms. The maximum absolute atomic E-state index is 10.3. The molecule has 9 heteroatoms. The van der Waals surface area contributed by atoms with Gasteiger partial charge in [0, 0.05) is 6.54 Å². The van der Waals surface area contributed by atoms with Crippen LogP contribution in [0, 0.1) is 0 Å². The Bertz CT molecular complexity index is 216. The minimum atomic E-state index is -4.04. The van der Waals surface area contributed by atoms with Gasteiger partial charge in [-0.15, -0.1) is 5.17 Å². The number of carbonyl (C=O) groups excluding carboxylic acids is 1. The minimum absolute atomic E-state index is 0.0427. The van der Waals surface area contributed by atoms with Crippen molar-refractivity contribution in [3.05, 3.63) is 0 Å². The predicted octanol–water partition coefficient (Wildman–Crippen LogP) is -1.17. The van der Waals surface area contributed by atoms with E-state index in [4.69, 9.17) is 15.0 Å². The maximum atomic E-state index is 10.3. The molecule has 0 saturated carbocycles. The number of primary amides is 1. The van der Waals surface area contributed by atoms with Crippen molar-refractivity contribution in [2.24, 2.45) is 5.73 Å². The number of amides is 2. The van der Waals surface area contributed by atoms with Crippen LogP contribution in [0.15, 0.2) is 0 Å². The molecule has 0 aliphatic rings. The molecule has 0 aromatic rings. The van der Waals surface area contributed by atoms with Crippen molar-refractivity contribution < 1.29 is 24.4 Å². The molecule has 0 aromatic carbocycles. The lowest BCUT2D eigenvalue weighted by Gasteiger charge is -2.13. The Morgan fingerprint density at radius 2 is 2.08 bits per heavy atom. The van der Waals surface area contributed by atoms with Crippen LogP contribution in [-0.2, 0) is 4.57 Å². The summed E-state index contributed by atoms with van der Waals surface area (Å²) in [6, 6.07) is -0.946. The number of nitrogens with two attached hydrogens (primary N) is 1. The standard InChI is InChI=1S/C4H12N3O5P/c5-4(8)6-7(9)2-1-3-13(10,11)12/h9H,1-3H2,(H3,5,6,8)(H2,10,11,12). The molecule has 0 atom stereocenters. The highest BCUT2D eigenvalue weighted by Crippen LogP contribution is 2.34. The zero-order valence-corrected chi connectivity index (χ0v) is 7.65. The van der Waals surface area contributed by atoms with E-state index in [1.165, 1.54) is 0 Å². The van der Waals surface area contributed by atoms with Crippen molar-refractivity contribution in [2.75, 3.05) is 12.7 Å². The topological polar surface area (TPSA) is 136 Å². The van der Waals surface area contributed by atoms with Crippen molar-refractivity contribution in [1.29, 1.82) is 0 Å². The SMILES string of the molecule is NC(=O)NN(O)CCCP(=O)(O)O. The Labute approximate surface area is 74.4 Å². The molecule has 0 bridgehead atoms. The smallest absolute Gasteiger partial charge is 0.328 e. The van der Waals surface area contributed by atoms with Gasteiger partial charge >= 0.3 is 13.6 Å². The van der Waals surface area contributed by atoms with Crippen molar-refractivity contribution in [3.63, 3.8) is 0 Å². The van der Waals surface area contributed by atoms with Crippen molar-refractivity contribution in [3.8, 4) is 0 Å². The lowest BCUT2D eigenvalue weighted by atomic mass is 10.5. The Hall–Kier alpha value is -0.660. The highest BCUT2D eigenvalue weighted by atomic mass is 31.2. The highest BCUT2D eigenvalue weighted by molar-refractivity contribution is 7.51. The summed E-state index contributed by atoms with van der Waals surface area (Å²) in [5.74, 6) is 0. The van der Waals surface area contributed by atoms with Crippen LogP contribution in [0.3, 0.4) is 0 Å². The van der Waals surface area contributed by atoms with Crippen LogP contribution in [0.4, 0.5) is 4.79 Å².